The third-order valence-corrected chi connectivity index (χ3v) is 3.05. The third-order valence-electron chi connectivity index (χ3n) is 1.77. The van der Waals surface area contributed by atoms with Crippen molar-refractivity contribution in [1.82, 2.24) is 0 Å². The molecule has 7 heteroatoms. The van der Waals surface area contributed by atoms with Crippen LogP contribution < -0.4 is 4.74 Å². The fourth-order valence-corrected chi connectivity index (χ4v) is 1.66. The summed E-state index contributed by atoms with van der Waals surface area (Å²) in [7, 11) is 0. The zero-order chi connectivity index (χ0) is 13.1. The average molecular weight is 376 g/mol. The van der Waals surface area contributed by atoms with Crippen LogP contribution in [0.15, 0.2) is 22.7 Å². The summed E-state index contributed by atoms with van der Waals surface area (Å²) in [6.45, 7) is 0. The summed E-state index contributed by atoms with van der Waals surface area (Å²) >= 11 is 5.93. The minimum atomic E-state index is -4.75. The van der Waals surface area contributed by atoms with Crippen molar-refractivity contribution in [2.45, 2.75) is 12.8 Å². The number of carbonyl (C=O) groups is 1. The maximum absolute atomic E-state index is 12.1. The van der Waals surface area contributed by atoms with Crippen molar-refractivity contribution < 1.29 is 22.7 Å². The second-order valence-electron chi connectivity index (χ2n) is 3.16. The lowest BCUT2D eigenvalue weighted by Crippen LogP contribution is -2.17. The molecular weight excluding hydrogens is 369 g/mol. The van der Waals surface area contributed by atoms with Crippen molar-refractivity contribution in [2.24, 2.45) is 0 Å². The van der Waals surface area contributed by atoms with Gasteiger partial charge in [-0.1, -0.05) is 22.0 Å². The van der Waals surface area contributed by atoms with Crippen molar-refractivity contribution in [2.75, 3.05) is 5.33 Å². The maximum atomic E-state index is 12.1. The molecule has 0 N–H and O–H groups in total. The minimum Gasteiger partial charge on any atom is -0.405 e. The van der Waals surface area contributed by atoms with Crippen LogP contribution in [0, 0.1) is 0 Å². The van der Waals surface area contributed by atoms with Crippen LogP contribution in [0.3, 0.4) is 0 Å². The summed E-state index contributed by atoms with van der Waals surface area (Å²) in [4.78, 5) is 11.1. The first kappa shape index (κ1) is 14.5. The number of hydrogen-bond acceptors (Lipinski definition) is 2. The molecule has 17 heavy (non-hydrogen) atoms. The summed E-state index contributed by atoms with van der Waals surface area (Å²) in [5.41, 5.74) is 0.469. The lowest BCUT2D eigenvalue weighted by Gasteiger charge is -2.11. The molecule has 0 amide bonds. The molecule has 0 aliphatic heterocycles. The average Bonchev–Trinajstić information content (AvgIpc) is 2.21. The number of benzene rings is 1. The Kier molecular flexibility index (Phi) is 5.00. The van der Waals surface area contributed by atoms with Crippen LogP contribution in [-0.2, 0) is 11.2 Å². The third kappa shape index (κ3) is 5.08. The standard InChI is InChI=1S/C10H7Br2F3O2/c11-5-7(16)3-6-1-2-8(12)9(4-6)17-10(13,14)15/h1-2,4H,3,5H2. The number of halogens is 5. The fraction of sp³-hybridized carbons (Fsp3) is 0.300. The van der Waals surface area contributed by atoms with E-state index in [-0.39, 0.29) is 27.8 Å². The molecule has 1 aromatic carbocycles. The highest BCUT2D eigenvalue weighted by molar-refractivity contribution is 9.10. The van der Waals surface area contributed by atoms with Crippen molar-refractivity contribution >= 4 is 37.6 Å². The van der Waals surface area contributed by atoms with Gasteiger partial charge in [0, 0.05) is 6.42 Å². The first-order valence-corrected chi connectivity index (χ1v) is 6.35. The summed E-state index contributed by atoms with van der Waals surface area (Å²) in [6.07, 6.45) is -4.69. The Labute approximate surface area is 112 Å². The molecule has 0 atom stereocenters. The largest absolute Gasteiger partial charge is 0.573 e. The van der Waals surface area contributed by atoms with Gasteiger partial charge in [0.25, 0.3) is 0 Å². The number of ether oxygens (including phenoxy) is 1. The van der Waals surface area contributed by atoms with Crippen LogP contribution in [-0.4, -0.2) is 17.5 Å². The Balaban J connectivity index is 2.90. The maximum Gasteiger partial charge on any atom is 0.573 e. The van der Waals surface area contributed by atoms with Crippen LogP contribution in [0.2, 0.25) is 0 Å². The molecule has 0 spiro atoms. The van der Waals surface area contributed by atoms with Gasteiger partial charge in [0.1, 0.15) is 11.5 Å². The van der Waals surface area contributed by atoms with Crippen molar-refractivity contribution in [3.8, 4) is 5.75 Å². The first-order chi connectivity index (χ1) is 7.81. The number of alkyl halides is 4. The van der Waals surface area contributed by atoms with Crippen LogP contribution in [0.4, 0.5) is 13.2 Å². The monoisotopic (exact) mass is 374 g/mol. The van der Waals surface area contributed by atoms with E-state index in [0.717, 1.165) is 0 Å². The lowest BCUT2D eigenvalue weighted by molar-refractivity contribution is -0.274. The molecule has 1 rings (SSSR count). The molecular formula is C10H7Br2F3O2. The Hall–Kier alpha value is -0.560. The summed E-state index contributed by atoms with van der Waals surface area (Å²) in [5.74, 6) is -0.470. The van der Waals surface area contributed by atoms with E-state index in [1.807, 2.05) is 0 Å². The van der Waals surface area contributed by atoms with E-state index in [1.165, 1.54) is 12.1 Å². The summed E-state index contributed by atoms with van der Waals surface area (Å²) in [6, 6.07) is 4.17. The second kappa shape index (κ2) is 5.86. The number of rotatable bonds is 4. The van der Waals surface area contributed by atoms with Gasteiger partial charge in [-0.3, -0.25) is 4.79 Å². The van der Waals surface area contributed by atoms with Crippen molar-refractivity contribution in [3.63, 3.8) is 0 Å². The van der Waals surface area contributed by atoms with Gasteiger partial charge in [-0.05, 0) is 33.6 Å². The highest BCUT2D eigenvalue weighted by Crippen LogP contribution is 2.31. The number of ketones is 1. The quantitative estimate of drug-likeness (QED) is 0.747. The fourth-order valence-electron chi connectivity index (χ4n) is 1.14. The molecule has 0 aliphatic carbocycles. The molecule has 0 unspecified atom stereocenters. The molecule has 0 fully saturated rings. The Morgan fingerprint density at radius 2 is 2.00 bits per heavy atom. The zero-order valence-electron chi connectivity index (χ0n) is 8.35. The van der Waals surface area contributed by atoms with E-state index in [4.69, 9.17) is 0 Å². The SMILES string of the molecule is O=C(CBr)Cc1ccc(Br)c(OC(F)(F)F)c1. The van der Waals surface area contributed by atoms with E-state index >= 15 is 0 Å². The van der Waals surface area contributed by atoms with Gasteiger partial charge < -0.3 is 4.74 Å². The smallest absolute Gasteiger partial charge is 0.405 e. The molecule has 94 valence electrons. The molecule has 0 saturated carbocycles. The van der Waals surface area contributed by atoms with E-state index in [9.17, 15) is 18.0 Å². The highest BCUT2D eigenvalue weighted by Gasteiger charge is 2.32. The number of carbonyl (C=O) groups excluding carboxylic acids is 1. The van der Waals surface area contributed by atoms with Crippen molar-refractivity contribution in [3.05, 3.63) is 28.2 Å². The van der Waals surface area contributed by atoms with E-state index in [2.05, 4.69) is 36.6 Å². The zero-order valence-corrected chi connectivity index (χ0v) is 11.5. The van der Waals surface area contributed by atoms with Gasteiger partial charge in [0.15, 0.2) is 0 Å². The van der Waals surface area contributed by atoms with Gasteiger partial charge >= 0.3 is 6.36 Å². The van der Waals surface area contributed by atoms with Crippen LogP contribution in [0.1, 0.15) is 5.56 Å². The van der Waals surface area contributed by atoms with E-state index in [0.29, 0.717) is 5.56 Å². The number of hydrogen-bond donors (Lipinski definition) is 0. The van der Waals surface area contributed by atoms with E-state index < -0.39 is 6.36 Å². The Morgan fingerprint density at radius 1 is 1.35 bits per heavy atom. The Morgan fingerprint density at radius 3 is 2.53 bits per heavy atom. The first-order valence-electron chi connectivity index (χ1n) is 4.43. The normalized spacial score (nSPS) is 11.4. The molecule has 1 aromatic rings. The highest BCUT2D eigenvalue weighted by atomic mass is 79.9. The van der Waals surface area contributed by atoms with Crippen LogP contribution in [0.25, 0.3) is 0 Å². The summed E-state index contributed by atoms with van der Waals surface area (Å²) in [5, 5.41) is 0.165. The summed E-state index contributed by atoms with van der Waals surface area (Å²) < 4.78 is 40.2. The predicted molar refractivity (Wildman–Crippen MR) is 63.3 cm³/mol. The minimum absolute atomic E-state index is 0.0622. The molecule has 0 saturated heterocycles. The molecule has 0 radical (unpaired) electrons. The van der Waals surface area contributed by atoms with E-state index in [1.54, 1.807) is 6.07 Å². The number of Topliss-reactive ketones (excluding diaryl/α,β-unsaturated/α-hetero) is 1. The molecule has 0 heterocycles. The molecule has 0 aromatic heterocycles. The predicted octanol–water partition coefficient (Wildman–Crippen LogP) is 3.85. The van der Waals surface area contributed by atoms with Crippen LogP contribution >= 0.6 is 31.9 Å². The molecule has 2 nitrogen and oxygen atoms in total. The Bertz CT molecular complexity index is 419. The van der Waals surface area contributed by atoms with Gasteiger partial charge in [-0.25, -0.2) is 0 Å². The van der Waals surface area contributed by atoms with Crippen LogP contribution in [0.5, 0.6) is 5.75 Å². The van der Waals surface area contributed by atoms with Gasteiger partial charge in [-0.2, -0.15) is 0 Å². The van der Waals surface area contributed by atoms with Gasteiger partial charge in [-0.15, -0.1) is 13.2 Å². The topological polar surface area (TPSA) is 26.3 Å². The second-order valence-corrected chi connectivity index (χ2v) is 4.58. The lowest BCUT2D eigenvalue weighted by atomic mass is 10.1. The van der Waals surface area contributed by atoms with Gasteiger partial charge in [0.05, 0.1) is 9.80 Å². The van der Waals surface area contributed by atoms with Gasteiger partial charge in [0.2, 0.25) is 0 Å². The molecule has 0 aliphatic rings. The van der Waals surface area contributed by atoms with Crippen molar-refractivity contribution in [1.29, 1.82) is 0 Å². The molecule has 0 bridgehead atoms.